The highest BCUT2D eigenvalue weighted by Crippen LogP contribution is 2.34. The number of nitrogens with one attached hydrogen (secondary N) is 1. The summed E-state index contributed by atoms with van der Waals surface area (Å²) in [6.07, 6.45) is -0.363. The summed E-state index contributed by atoms with van der Waals surface area (Å²) in [5.74, 6) is -0.403. The lowest BCUT2D eigenvalue weighted by Crippen LogP contribution is -2.20. The van der Waals surface area contributed by atoms with Gasteiger partial charge in [0.15, 0.2) is 0 Å². The van der Waals surface area contributed by atoms with Gasteiger partial charge in [-0.05, 0) is 44.0 Å². The molecule has 190 valence electrons. The molecule has 1 heterocycles. The molecule has 0 fully saturated rings. The Morgan fingerprint density at radius 3 is 2.36 bits per heavy atom. The summed E-state index contributed by atoms with van der Waals surface area (Å²) in [6.45, 7) is 6.75. The number of esters is 2. The summed E-state index contributed by atoms with van der Waals surface area (Å²) >= 11 is 1.61. The molecule has 2 aromatic carbocycles. The Hall–Kier alpha value is -3.23. The van der Waals surface area contributed by atoms with Gasteiger partial charge in [-0.2, -0.15) is 11.8 Å². The van der Waals surface area contributed by atoms with Crippen molar-refractivity contribution in [1.82, 2.24) is 10.3 Å². The van der Waals surface area contributed by atoms with E-state index in [9.17, 15) is 14.0 Å². The van der Waals surface area contributed by atoms with Crippen LogP contribution in [-0.2, 0) is 21.8 Å². The molecule has 0 saturated heterocycles. The lowest BCUT2D eigenvalue weighted by atomic mass is 9.92. The molecule has 0 aliphatic carbocycles. The first-order chi connectivity index (χ1) is 17.3. The van der Waals surface area contributed by atoms with Crippen molar-refractivity contribution < 1.29 is 23.5 Å². The Morgan fingerprint density at radius 1 is 1.03 bits per heavy atom. The van der Waals surface area contributed by atoms with E-state index in [0.29, 0.717) is 28.3 Å². The molecule has 0 spiro atoms. The van der Waals surface area contributed by atoms with Gasteiger partial charge in [-0.25, -0.2) is 14.0 Å². The zero-order valence-corrected chi connectivity index (χ0v) is 21.8. The molecule has 0 aliphatic heterocycles. The van der Waals surface area contributed by atoms with Crippen LogP contribution in [0.2, 0.25) is 0 Å². The van der Waals surface area contributed by atoms with Gasteiger partial charge in [-0.15, -0.1) is 0 Å². The van der Waals surface area contributed by atoms with E-state index in [-0.39, 0.29) is 17.2 Å². The van der Waals surface area contributed by atoms with Crippen LogP contribution in [0.15, 0.2) is 54.6 Å². The molecule has 3 aromatic rings. The smallest absolute Gasteiger partial charge is 0.340 e. The van der Waals surface area contributed by atoms with Crippen molar-refractivity contribution in [1.29, 1.82) is 0 Å². The Kier molecular flexibility index (Phi) is 10.0. The Balaban J connectivity index is 1.90. The normalized spacial score (nSPS) is 10.9. The standard InChI is InChI=1S/C28H31FN2O4S/c1-18(2)35-28(33)24-19(3)31-23(17-36-15-14-30-16-20-8-6-5-7-9-20)26(27(32)34-4)25(24)21-10-12-22(29)13-11-21/h5-13,18,30H,14-17H2,1-4H3. The second kappa shape index (κ2) is 13.2. The monoisotopic (exact) mass is 510 g/mol. The summed E-state index contributed by atoms with van der Waals surface area (Å²) in [6, 6.07) is 15.8. The number of rotatable bonds is 11. The third-order valence-corrected chi connectivity index (χ3v) is 6.33. The molecular formula is C28H31FN2O4S. The second-order valence-corrected chi connectivity index (χ2v) is 9.54. The van der Waals surface area contributed by atoms with Crippen LogP contribution < -0.4 is 5.32 Å². The minimum Gasteiger partial charge on any atom is -0.465 e. The maximum Gasteiger partial charge on any atom is 0.340 e. The number of carbonyl (C=O) groups excluding carboxylic acids is 2. The molecule has 0 radical (unpaired) electrons. The molecule has 0 saturated carbocycles. The second-order valence-electron chi connectivity index (χ2n) is 8.44. The maximum absolute atomic E-state index is 13.7. The fourth-order valence-corrected chi connectivity index (χ4v) is 4.60. The summed E-state index contributed by atoms with van der Waals surface area (Å²) in [5.41, 5.74) is 3.37. The van der Waals surface area contributed by atoms with Crippen LogP contribution in [0.1, 0.15) is 51.5 Å². The lowest BCUT2D eigenvalue weighted by molar-refractivity contribution is 0.0377. The van der Waals surface area contributed by atoms with Gasteiger partial charge in [0, 0.05) is 30.2 Å². The maximum atomic E-state index is 13.7. The number of aromatic nitrogens is 1. The fourth-order valence-electron chi connectivity index (χ4n) is 3.76. The first kappa shape index (κ1) is 27.4. The number of pyridine rings is 1. The van der Waals surface area contributed by atoms with Crippen molar-refractivity contribution in [2.75, 3.05) is 19.4 Å². The Morgan fingerprint density at radius 2 is 1.72 bits per heavy atom. The quantitative estimate of drug-likeness (QED) is 0.267. The highest BCUT2D eigenvalue weighted by molar-refractivity contribution is 7.98. The summed E-state index contributed by atoms with van der Waals surface area (Å²) in [7, 11) is 1.28. The summed E-state index contributed by atoms with van der Waals surface area (Å²) in [5, 5.41) is 3.40. The zero-order chi connectivity index (χ0) is 26.1. The van der Waals surface area contributed by atoms with Gasteiger partial charge in [-0.1, -0.05) is 42.5 Å². The minimum atomic E-state index is -0.613. The molecule has 0 aliphatic rings. The number of thioether (sulfide) groups is 1. The van der Waals surface area contributed by atoms with Gasteiger partial charge < -0.3 is 14.8 Å². The average molecular weight is 511 g/mol. The van der Waals surface area contributed by atoms with E-state index in [4.69, 9.17) is 9.47 Å². The van der Waals surface area contributed by atoms with Crippen LogP contribution in [0.25, 0.3) is 11.1 Å². The predicted molar refractivity (Wildman–Crippen MR) is 141 cm³/mol. The van der Waals surface area contributed by atoms with Gasteiger partial charge in [0.25, 0.3) is 0 Å². The largest absolute Gasteiger partial charge is 0.465 e. The molecule has 3 rings (SSSR count). The van der Waals surface area contributed by atoms with Crippen LogP contribution in [0.5, 0.6) is 0 Å². The van der Waals surface area contributed by atoms with E-state index in [1.165, 1.54) is 36.9 Å². The minimum absolute atomic E-state index is 0.175. The highest BCUT2D eigenvalue weighted by Gasteiger charge is 2.29. The molecule has 1 N–H and O–H groups in total. The van der Waals surface area contributed by atoms with E-state index in [0.717, 1.165) is 18.8 Å². The van der Waals surface area contributed by atoms with Crippen LogP contribution in [-0.4, -0.2) is 42.4 Å². The number of benzene rings is 2. The van der Waals surface area contributed by atoms with E-state index in [1.54, 1.807) is 32.5 Å². The Bertz CT molecular complexity index is 1180. The van der Waals surface area contributed by atoms with E-state index in [1.807, 2.05) is 18.2 Å². The predicted octanol–water partition coefficient (Wildman–Crippen LogP) is 5.57. The van der Waals surface area contributed by atoms with Crippen molar-refractivity contribution in [2.24, 2.45) is 0 Å². The number of carbonyl (C=O) groups is 2. The molecule has 0 bridgehead atoms. The van der Waals surface area contributed by atoms with E-state index >= 15 is 0 Å². The lowest BCUT2D eigenvalue weighted by Gasteiger charge is -2.19. The summed E-state index contributed by atoms with van der Waals surface area (Å²) in [4.78, 5) is 30.7. The molecule has 1 aromatic heterocycles. The van der Waals surface area contributed by atoms with Crippen LogP contribution >= 0.6 is 11.8 Å². The molecule has 8 heteroatoms. The average Bonchev–Trinajstić information content (AvgIpc) is 2.85. The molecule has 6 nitrogen and oxygen atoms in total. The van der Waals surface area contributed by atoms with Crippen LogP contribution in [0, 0.1) is 12.7 Å². The number of hydrogen-bond acceptors (Lipinski definition) is 7. The number of hydrogen-bond donors (Lipinski definition) is 1. The topological polar surface area (TPSA) is 77.5 Å². The van der Waals surface area contributed by atoms with Crippen molar-refractivity contribution >= 4 is 23.7 Å². The number of halogens is 1. The Labute approximate surface area is 215 Å². The van der Waals surface area contributed by atoms with Crippen molar-refractivity contribution in [3.8, 4) is 11.1 Å². The number of nitrogens with zero attached hydrogens (tertiary/aromatic N) is 1. The first-order valence-electron chi connectivity index (χ1n) is 11.7. The SMILES string of the molecule is COC(=O)c1c(CSCCNCc2ccccc2)nc(C)c(C(=O)OC(C)C)c1-c1ccc(F)cc1. The van der Waals surface area contributed by atoms with Gasteiger partial charge in [0.1, 0.15) is 5.82 Å². The number of aryl methyl sites for hydroxylation is 1. The molecule has 0 unspecified atom stereocenters. The van der Waals surface area contributed by atoms with Gasteiger partial charge in [0.2, 0.25) is 0 Å². The van der Waals surface area contributed by atoms with Gasteiger partial charge >= 0.3 is 11.9 Å². The van der Waals surface area contributed by atoms with Gasteiger partial charge in [0.05, 0.1) is 35.7 Å². The van der Waals surface area contributed by atoms with Crippen LogP contribution in [0.4, 0.5) is 4.39 Å². The highest BCUT2D eigenvalue weighted by atomic mass is 32.2. The van der Waals surface area contributed by atoms with Crippen molar-refractivity contribution in [3.05, 3.63) is 88.5 Å². The molecule has 36 heavy (non-hydrogen) atoms. The van der Waals surface area contributed by atoms with Gasteiger partial charge in [-0.3, -0.25) is 4.98 Å². The fraction of sp³-hybridized carbons (Fsp3) is 0.321. The first-order valence-corrected chi connectivity index (χ1v) is 12.9. The number of ether oxygens (including phenoxy) is 2. The molecular weight excluding hydrogens is 479 g/mol. The summed E-state index contributed by atoms with van der Waals surface area (Å²) < 4.78 is 24.2. The zero-order valence-electron chi connectivity index (χ0n) is 21.0. The van der Waals surface area contributed by atoms with Crippen molar-refractivity contribution in [3.63, 3.8) is 0 Å². The molecule has 0 atom stereocenters. The van der Waals surface area contributed by atoms with E-state index in [2.05, 4.69) is 22.4 Å². The number of methoxy groups -OCH3 is 1. The third-order valence-electron chi connectivity index (χ3n) is 5.36. The van der Waals surface area contributed by atoms with Crippen molar-refractivity contribution in [2.45, 2.75) is 39.2 Å². The van der Waals surface area contributed by atoms with E-state index < -0.39 is 17.8 Å². The molecule has 0 amide bonds. The van der Waals surface area contributed by atoms with Crippen LogP contribution in [0.3, 0.4) is 0 Å². The third kappa shape index (κ3) is 7.15.